The van der Waals surface area contributed by atoms with Crippen molar-refractivity contribution >= 4 is 5.91 Å². The standard InChI is InChI=1S/C15H18F2N2O/c16-12-4-1-5-13(17)14(12)10-7-11(10)15(20)19-8-9-3-2-6-18-9/h1,4-5,9-11,18H,2-3,6-8H2,(H,19,20). The van der Waals surface area contributed by atoms with Crippen molar-refractivity contribution in [1.82, 2.24) is 10.6 Å². The predicted molar refractivity (Wildman–Crippen MR) is 71.2 cm³/mol. The quantitative estimate of drug-likeness (QED) is 0.885. The van der Waals surface area contributed by atoms with Crippen molar-refractivity contribution in [2.75, 3.05) is 13.1 Å². The van der Waals surface area contributed by atoms with Gasteiger partial charge in [-0.05, 0) is 37.9 Å². The average molecular weight is 280 g/mol. The highest BCUT2D eigenvalue weighted by Crippen LogP contribution is 2.49. The monoisotopic (exact) mass is 280 g/mol. The molecular formula is C15H18F2N2O. The highest BCUT2D eigenvalue weighted by Gasteiger charge is 2.46. The molecule has 20 heavy (non-hydrogen) atoms. The van der Waals surface area contributed by atoms with Gasteiger partial charge in [-0.2, -0.15) is 0 Å². The second-order valence-electron chi connectivity index (χ2n) is 5.62. The zero-order valence-electron chi connectivity index (χ0n) is 11.2. The van der Waals surface area contributed by atoms with Gasteiger partial charge in [0.15, 0.2) is 0 Å². The van der Waals surface area contributed by atoms with E-state index in [9.17, 15) is 13.6 Å². The smallest absolute Gasteiger partial charge is 0.223 e. The molecule has 1 aromatic rings. The Morgan fingerprint density at radius 2 is 2.10 bits per heavy atom. The topological polar surface area (TPSA) is 41.1 Å². The SMILES string of the molecule is O=C(NCC1CCCN1)C1CC1c1c(F)cccc1F. The minimum absolute atomic E-state index is 0.0617. The Morgan fingerprint density at radius 1 is 1.35 bits per heavy atom. The summed E-state index contributed by atoms with van der Waals surface area (Å²) >= 11 is 0. The van der Waals surface area contributed by atoms with Gasteiger partial charge in [0, 0.05) is 30.0 Å². The Bertz CT molecular complexity index is 494. The van der Waals surface area contributed by atoms with Gasteiger partial charge < -0.3 is 10.6 Å². The summed E-state index contributed by atoms with van der Waals surface area (Å²) in [5, 5.41) is 6.18. The molecule has 108 valence electrons. The first-order chi connectivity index (χ1) is 9.66. The third-order valence-electron chi connectivity index (χ3n) is 4.18. The van der Waals surface area contributed by atoms with Gasteiger partial charge in [0.05, 0.1) is 0 Å². The molecule has 0 bridgehead atoms. The molecule has 1 aliphatic heterocycles. The molecular weight excluding hydrogens is 262 g/mol. The Hall–Kier alpha value is -1.49. The van der Waals surface area contributed by atoms with Crippen molar-refractivity contribution in [1.29, 1.82) is 0 Å². The molecule has 1 saturated carbocycles. The van der Waals surface area contributed by atoms with E-state index in [-0.39, 0.29) is 23.3 Å². The molecule has 1 amide bonds. The van der Waals surface area contributed by atoms with E-state index in [4.69, 9.17) is 0 Å². The van der Waals surface area contributed by atoms with Crippen LogP contribution in [0.1, 0.15) is 30.7 Å². The number of hydrogen-bond donors (Lipinski definition) is 2. The van der Waals surface area contributed by atoms with Crippen molar-refractivity contribution in [3.05, 3.63) is 35.4 Å². The average Bonchev–Trinajstić information content (AvgIpc) is 3.02. The summed E-state index contributed by atoms with van der Waals surface area (Å²) in [5.41, 5.74) is 0.0617. The van der Waals surface area contributed by atoms with E-state index in [2.05, 4.69) is 10.6 Å². The van der Waals surface area contributed by atoms with Gasteiger partial charge in [0.1, 0.15) is 11.6 Å². The van der Waals surface area contributed by atoms with Crippen molar-refractivity contribution < 1.29 is 13.6 Å². The van der Waals surface area contributed by atoms with Gasteiger partial charge >= 0.3 is 0 Å². The molecule has 0 aromatic heterocycles. The first-order valence-corrected chi connectivity index (χ1v) is 7.12. The first-order valence-electron chi connectivity index (χ1n) is 7.12. The van der Waals surface area contributed by atoms with Crippen molar-refractivity contribution in [2.45, 2.75) is 31.2 Å². The Morgan fingerprint density at radius 3 is 2.75 bits per heavy atom. The van der Waals surface area contributed by atoms with Crippen molar-refractivity contribution in [3.63, 3.8) is 0 Å². The van der Waals surface area contributed by atoms with Crippen LogP contribution >= 0.6 is 0 Å². The van der Waals surface area contributed by atoms with Crippen molar-refractivity contribution in [2.24, 2.45) is 5.92 Å². The van der Waals surface area contributed by atoms with E-state index in [1.165, 1.54) is 18.2 Å². The second-order valence-corrected chi connectivity index (χ2v) is 5.62. The lowest BCUT2D eigenvalue weighted by atomic mass is 10.1. The summed E-state index contributed by atoms with van der Waals surface area (Å²) < 4.78 is 27.3. The van der Waals surface area contributed by atoms with Crippen LogP contribution in [0.3, 0.4) is 0 Å². The van der Waals surface area contributed by atoms with Crippen molar-refractivity contribution in [3.8, 4) is 0 Å². The van der Waals surface area contributed by atoms with Crippen LogP contribution in [-0.2, 0) is 4.79 Å². The van der Waals surface area contributed by atoms with Crippen LogP contribution in [-0.4, -0.2) is 25.0 Å². The lowest BCUT2D eigenvalue weighted by Gasteiger charge is -2.11. The van der Waals surface area contributed by atoms with Gasteiger partial charge in [0.25, 0.3) is 0 Å². The third-order valence-corrected chi connectivity index (χ3v) is 4.18. The van der Waals surface area contributed by atoms with Crippen LogP contribution in [0.2, 0.25) is 0 Å². The van der Waals surface area contributed by atoms with E-state index in [1.807, 2.05) is 0 Å². The molecule has 0 spiro atoms. The van der Waals surface area contributed by atoms with Gasteiger partial charge in [-0.3, -0.25) is 4.79 Å². The number of carbonyl (C=O) groups is 1. The molecule has 1 heterocycles. The summed E-state index contributed by atoms with van der Waals surface area (Å²) in [6, 6.07) is 4.17. The molecule has 5 heteroatoms. The lowest BCUT2D eigenvalue weighted by molar-refractivity contribution is -0.122. The van der Waals surface area contributed by atoms with E-state index < -0.39 is 11.6 Å². The number of carbonyl (C=O) groups excluding carboxylic acids is 1. The minimum atomic E-state index is -0.553. The van der Waals surface area contributed by atoms with E-state index >= 15 is 0 Å². The number of rotatable bonds is 4. The molecule has 3 unspecified atom stereocenters. The Labute approximate surface area is 116 Å². The fourth-order valence-electron chi connectivity index (χ4n) is 2.95. The van der Waals surface area contributed by atoms with Gasteiger partial charge in [-0.1, -0.05) is 6.07 Å². The van der Waals surface area contributed by atoms with Crippen LogP contribution in [0, 0.1) is 17.6 Å². The maximum Gasteiger partial charge on any atom is 0.223 e. The Kier molecular flexibility index (Phi) is 3.70. The zero-order chi connectivity index (χ0) is 14.1. The van der Waals surface area contributed by atoms with Crippen LogP contribution < -0.4 is 10.6 Å². The number of hydrogen-bond acceptors (Lipinski definition) is 2. The minimum Gasteiger partial charge on any atom is -0.354 e. The van der Waals surface area contributed by atoms with E-state index in [0.717, 1.165) is 19.4 Å². The van der Waals surface area contributed by atoms with Crippen LogP contribution in [0.4, 0.5) is 8.78 Å². The fraction of sp³-hybridized carbons (Fsp3) is 0.533. The molecule has 1 aromatic carbocycles. The van der Waals surface area contributed by atoms with Crippen LogP contribution in [0.25, 0.3) is 0 Å². The predicted octanol–water partition coefficient (Wildman–Crippen LogP) is 1.94. The summed E-state index contributed by atoms with van der Waals surface area (Å²) in [5.74, 6) is -1.80. The molecule has 3 rings (SSSR count). The van der Waals surface area contributed by atoms with Gasteiger partial charge in [-0.15, -0.1) is 0 Å². The largest absolute Gasteiger partial charge is 0.354 e. The number of halogens is 2. The molecule has 2 aliphatic rings. The lowest BCUT2D eigenvalue weighted by Crippen LogP contribution is -2.38. The molecule has 3 atom stereocenters. The molecule has 3 nitrogen and oxygen atoms in total. The number of nitrogens with one attached hydrogen (secondary N) is 2. The van der Waals surface area contributed by atoms with Gasteiger partial charge in [-0.25, -0.2) is 8.78 Å². The van der Waals surface area contributed by atoms with Gasteiger partial charge in [0.2, 0.25) is 5.91 Å². The summed E-state index contributed by atoms with van der Waals surface area (Å²) in [6.07, 6.45) is 2.73. The second kappa shape index (κ2) is 5.48. The summed E-state index contributed by atoms with van der Waals surface area (Å²) in [4.78, 5) is 12.0. The molecule has 2 fully saturated rings. The molecule has 0 radical (unpaired) electrons. The highest BCUT2D eigenvalue weighted by molar-refractivity contribution is 5.83. The van der Waals surface area contributed by atoms with Crippen LogP contribution in [0.5, 0.6) is 0 Å². The summed E-state index contributed by atoms with van der Waals surface area (Å²) in [6.45, 7) is 1.59. The van der Waals surface area contributed by atoms with E-state index in [1.54, 1.807) is 0 Å². The number of benzene rings is 1. The maximum absolute atomic E-state index is 13.6. The number of amides is 1. The van der Waals surface area contributed by atoms with E-state index in [0.29, 0.717) is 19.0 Å². The maximum atomic E-state index is 13.6. The molecule has 1 saturated heterocycles. The first kappa shape index (κ1) is 13.5. The fourth-order valence-corrected chi connectivity index (χ4v) is 2.95. The molecule has 2 N–H and O–H groups in total. The normalized spacial score (nSPS) is 28.4. The molecule has 1 aliphatic carbocycles. The Balaban J connectivity index is 1.56. The van der Waals surface area contributed by atoms with Crippen LogP contribution in [0.15, 0.2) is 18.2 Å². The summed E-state index contributed by atoms with van der Waals surface area (Å²) in [7, 11) is 0. The third kappa shape index (κ3) is 2.68. The highest BCUT2D eigenvalue weighted by atomic mass is 19.1. The zero-order valence-corrected chi connectivity index (χ0v) is 11.2.